The lowest BCUT2D eigenvalue weighted by molar-refractivity contribution is -0.134. The van der Waals surface area contributed by atoms with Crippen LogP contribution in [0.4, 0.5) is 0 Å². The summed E-state index contributed by atoms with van der Waals surface area (Å²) in [7, 11) is 0. The number of hydrogen-bond donors (Lipinski definition) is 2. The van der Waals surface area contributed by atoms with Crippen LogP contribution in [0, 0.1) is 19.8 Å². The molecule has 27 heavy (non-hydrogen) atoms. The molecule has 2 heterocycles. The Morgan fingerprint density at radius 3 is 2.67 bits per heavy atom. The smallest absolute Gasteiger partial charge is 0.225 e. The first-order chi connectivity index (χ1) is 12.6. The molecule has 1 unspecified atom stereocenters. The van der Waals surface area contributed by atoms with Crippen LogP contribution in [0.3, 0.4) is 0 Å². The molecule has 1 amide bonds. The predicted molar refractivity (Wildman–Crippen MR) is 116 cm³/mol. The fourth-order valence-electron chi connectivity index (χ4n) is 3.78. The summed E-state index contributed by atoms with van der Waals surface area (Å²) in [4.78, 5) is 23.6. The van der Waals surface area contributed by atoms with Crippen LogP contribution in [0.2, 0.25) is 0 Å². The summed E-state index contributed by atoms with van der Waals surface area (Å²) >= 11 is 0. The van der Waals surface area contributed by atoms with Gasteiger partial charge in [-0.3, -0.25) is 4.79 Å². The number of guanidine groups is 1. The van der Waals surface area contributed by atoms with E-state index in [4.69, 9.17) is 4.42 Å². The maximum Gasteiger partial charge on any atom is 0.225 e. The van der Waals surface area contributed by atoms with E-state index < -0.39 is 0 Å². The second kappa shape index (κ2) is 10.3. The number of amides is 1. The van der Waals surface area contributed by atoms with Crippen molar-refractivity contribution in [2.24, 2.45) is 10.9 Å². The van der Waals surface area contributed by atoms with Gasteiger partial charge in [0.1, 0.15) is 12.3 Å². The molecule has 1 aromatic heterocycles. The molecule has 2 fully saturated rings. The van der Waals surface area contributed by atoms with Gasteiger partial charge in [-0.2, -0.15) is 0 Å². The Morgan fingerprint density at radius 1 is 1.30 bits per heavy atom. The number of carbonyl (C=O) groups is 1. The fraction of sp³-hybridized carbons (Fsp3) is 0.737. The van der Waals surface area contributed by atoms with Gasteiger partial charge in [-0.1, -0.05) is 12.8 Å². The summed E-state index contributed by atoms with van der Waals surface area (Å²) in [5.41, 5.74) is 0.907. The van der Waals surface area contributed by atoms with Crippen LogP contribution in [0.15, 0.2) is 9.41 Å². The third kappa shape index (κ3) is 5.83. The Balaban J connectivity index is 0.00000261. The molecule has 7 nitrogen and oxygen atoms in total. The van der Waals surface area contributed by atoms with Crippen LogP contribution in [0.1, 0.15) is 56.4 Å². The first kappa shape index (κ1) is 22.0. The van der Waals surface area contributed by atoms with Gasteiger partial charge < -0.3 is 20.0 Å². The number of nitrogens with zero attached hydrogens (tertiary/aromatic N) is 3. The van der Waals surface area contributed by atoms with E-state index in [1.807, 2.05) is 25.7 Å². The zero-order chi connectivity index (χ0) is 18.5. The highest BCUT2D eigenvalue weighted by Gasteiger charge is 2.32. The maximum atomic E-state index is 12.6. The van der Waals surface area contributed by atoms with Crippen LogP contribution in [-0.2, 0) is 11.3 Å². The average molecular weight is 489 g/mol. The van der Waals surface area contributed by atoms with E-state index in [9.17, 15) is 4.79 Å². The minimum absolute atomic E-state index is 0. The van der Waals surface area contributed by atoms with Gasteiger partial charge in [-0.15, -0.1) is 24.0 Å². The Hall–Kier alpha value is -1.32. The summed E-state index contributed by atoms with van der Waals surface area (Å²) in [6, 6.07) is 0.242. The maximum absolute atomic E-state index is 12.6. The van der Waals surface area contributed by atoms with E-state index in [1.165, 1.54) is 12.8 Å². The normalized spacial score (nSPS) is 20.6. The number of aryl methyl sites for hydroxylation is 2. The van der Waals surface area contributed by atoms with Crippen molar-refractivity contribution in [2.75, 3.05) is 19.6 Å². The van der Waals surface area contributed by atoms with Crippen molar-refractivity contribution >= 4 is 35.8 Å². The van der Waals surface area contributed by atoms with Gasteiger partial charge >= 0.3 is 0 Å². The van der Waals surface area contributed by atoms with Crippen molar-refractivity contribution < 1.29 is 9.21 Å². The van der Waals surface area contributed by atoms with Gasteiger partial charge in [0, 0.05) is 31.6 Å². The number of aliphatic imine (C=N–C) groups is 1. The van der Waals surface area contributed by atoms with E-state index >= 15 is 0 Å². The van der Waals surface area contributed by atoms with Crippen LogP contribution in [-0.4, -0.2) is 47.4 Å². The number of nitrogens with one attached hydrogen (secondary N) is 2. The van der Waals surface area contributed by atoms with Gasteiger partial charge in [0.2, 0.25) is 11.8 Å². The highest BCUT2D eigenvalue weighted by molar-refractivity contribution is 14.0. The Bertz CT molecular complexity index is 635. The molecule has 8 heteroatoms. The molecule has 1 aromatic rings. The van der Waals surface area contributed by atoms with E-state index in [0.29, 0.717) is 18.3 Å². The summed E-state index contributed by atoms with van der Waals surface area (Å²) in [6.07, 6.45) is 5.48. The van der Waals surface area contributed by atoms with E-state index in [0.717, 1.165) is 56.3 Å². The number of likely N-dealkylation sites (tertiary alicyclic amines) is 1. The minimum Gasteiger partial charge on any atom is -0.444 e. The van der Waals surface area contributed by atoms with Crippen LogP contribution in [0.25, 0.3) is 0 Å². The molecule has 1 aliphatic heterocycles. The second-order valence-corrected chi connectivity index (χ2v) is 7.34. The highest BCUT2D eigenvalue weighted by atomic mass is 127. The van der Waals surface area contributed by atoms with Gasteiger partial charge in [-0.05, 0) is 40.0 Å². The van der Waals surface area contributed by atoms with Crippen molar-refractivity contribution in [1.82, 2.24) is 20.5 Å². The molecule has 152 valence electrons. The first-order valence-electron chi connectivity index (χ1n) is 9.83. The zero-order valence-corrected chi connectivity index (χ0v) is 18.9. The van der Waals surface area contributed by atoms with Gasteiger partial charge in [-0.25, -0.2) is 9.98 Å². The summed E-state index contributed by atoms with van der Waals surface area (Å²) in [5.74, 6) is 2.82. The number of hydrogen-bond acceptors (Lipinski definition) is 4. The third-order valence-corrected chi connectivity index (χ3v) is 5.33. The van der Waals surface area contributed by atoms with Crippen LogP contribution >= 0.6 is 24.0 Å². The molecule has 3 rings (SSSR count). The number of carbonyl (C=O) groups excluding carboxylic acids is 1. The number of rotatable bonds is 5. The largest absolute Gasteiger partial charge is 0.444 e. The topological polar surface area (TPSA) is 82.8 Å². The number of oxazole rings is 1. The van der Waals surface area contributed by atoms with Crippen molar-refractivity contribution in [3.05, 3.63) is 17.3 Å². The Kier molecular flexibility index (Phi) is 8.37. The predicted octanol–water partition coefficient (Wildman–Crippen LogP) is 2.76. The van der Waals surface area contributed by atoms with Gasteiger partial charge in [0.15, 0.2) is 5.96 Å². The van der Waals surface area contributed by atoms with Crippen molar-refractivity contribution in [1.29, 1.82) is 0 Å². The lowest BCUT2D eigenvalue weighted by atomic mass is 10.1. The third-order valence-electron chi connectivity index (χ3n) is 5.33. The Labute approximate surface area is 178 Å². The molecule has 1 aliphatic carbocycles. The second-order valence-electron chi connectivity index (χ2n) is 7.34. The SMILES string of the molecule is CCNC(=NCc1nc(C)c(C)o1)NC1CCN(C(=O)C2CCCC2)C1.I. The monoisotopic (exact) mass is 489 g/mol. The molecule has 0 bridgehead atoms. The molecular weight excluding hydrogens is 457 g/mol. The zero-order valence-electron chi connectivity index (χ0n) is 16.6. The van der Waals surface area contributed by atoms with Crippen LogP contribution < -0.4 is 10.6 Å². The van der Waals surface area contributed by atoms with Crippen molar-refractivity contribution in [3.8, 4) is 0 Å². The molecule has 2 N–H and O–H groups in total. The quantitative estimate of drug-likeness (QED) is 0.378. The molecule has 0 spiro atoms. The van der Waals surface area contributed by atoms with E-state index in [2.05, 4.69) is 20.6 Å². The molecule has 1 atom stereocenters. The van der Waals surface area contributed by atoms with Gasteiger partial charge in [0.25, 0.3) is 0 Å². The lowest BCUT2D eigenvalue weighted by Gasteiger charge is -2.21. The fourth-order valence-corrected chi connectivity index (χ4v) is 3.78. The van der Waals surface area contributed by atoms with Crippen molar-refractivity contribution in [2.45, 2.75) is 65.5 Å². The molecular formula is C19H32IN5O2. The molecule has 1 saturated carbocycles. The molecule has 2 aliphatic rings. The lowest BCUT2D eigenvalue weighted by Crippen LogP contribution is -2.45. The van der Waals surface area contributed by atoms with Gasteiger partial charge in [0.05, 0.1) is 5.69 Å². The average Bonchev–Trinajstić information content (AvgIpc) is 3.35. The van der Waals surface area contributed by atoms with Crippen LogP contribution in [0.5, 0.6) is 0 Å². The standard InChI is InChI=1S/C19H31N5O2.HI/c1-4-20-19(21-11-17-22-13(2)14(3)26-17)23-16-9-10-24(12-16)18(25)15-7-5-6-8-15;/h15-16H,4-12H2,1-3H3,(H2,20,21,23);1H. The summed E-state index contributed by atoms with van der Waals surface area (Å²) < 4.78 is 5.59. The van der Waals surface area contributed by atoms with E-state index in [1.54, 1.807) is 0 Å². The molecule has 0 aromatic carbocycles. The minimum atomic E-state index is 0. The first-order valence-corrected chi connectivity index (χ1v) is 9.83. The molecule has 0 radical (unpaired) electrons. The van der Waals surface area contributed by atoms with E-state index in [-0.39, 0.29) is 35.9 Å². The summed E-state index contributed by atoms with van der Waals surface area (Å²) in [6.45, 7) is 8.68. The number of halogens is 1. The van der Waals surface area contributed by atoms with Crippen molar-refractivity contribution in [3.63, 3.8) is 0 Å². The highest BCUT2D eigenvalue weighted by Crippen LogP contribution is 2.27. The Morgan fingerprint density at radius 2 is 2.04 bits per heavy atom. The number of aromatic nitrogens is 1. The molecule has 1 saturated heterocycles. The summed E-state index contributed by atoms with van der Waals surface area (Å²) in [5, 5.41) is 6.73.